The van der Waals surface area contributed by atoms with E-state index in [9.17, 15) is 53.1 Å². The van der Waals surface area contributed by atoms with E-state index in [2.05, 4.69) is 52.6 Å². The van der Waals surface area contributed by atoms with Gasteiger partial charge in [-0.1, -0.05) is 46.3 Å². The molecule has 2 heterocycles. The Labute approximate surface area is 554 Å². The summed E-state index contributed by atoms with van der Waals surface area (Å²) in [6.45, 7) is 19.0. The molecule has 1 aliphatic heterocycles. The molecule has 0 aromatic carbocycles. The van der Waals surface area contributed by atoms with Gasteiger partial charge in [0, 0.05) is 51.7 Å². The molecule has 0 radical (unpaired) electrons. The van der Waals surface area contributed by atoms with Crippen molar-refractivity contribution in [1.29, 1.82) is 0 Å². The van der Waals surface area contributed by atoms with Crippen LogP contribution in [-0.4, -0.2) is 232 Å². The molecular formula is C62H114N16O16. The molecule has 538 valence electrons. The van der Waals surface area contributed by atoms with Crippen molar-refractivity contribution in [3.63, 3.8) is 0 Å². The highest BCUT2D eigenvalue weighted by Gasteiger charge is 2.37. The SMILES string of the molecule is CN[C@@H](CCCCN)C(=O)C(=O)[C@H](CCCN=C(N)N)NC(=O)C(NC(=O)CNC(=O)C(CC(C)C)NN1CCC[C@H]1C(=O)O)C(C)C.COCCOC(=O)C(C)(C)CC(C)C(=O)NCCOCCOCCOCCn1cc(CCC(=O)N[C@@H](CCCCN)C(C)=O)nn1. The number of guanidine groups is 1. The minimum Gasteiger partial charge on any atom is -0.480 e. The van der Waals surface area contributed by atoms with Crippen molar-refractivity contribution in [1.82, 2.24) is 57.3 Å². The number of rotatable bonds is 52. The fourth-order valence-corrected chi connectivity index (χ4v) is 9.81. The molecule has 3 unspecified atom stereocenters. The summed E-state index contributed by atoms with van der Waals surface area (Å²) in [7, 11) is 3.11. The van der Waals surface area contributed by atoms with Crippen LogP contribution in [0.25, 0.3) is 0 Å². The third-order valence-electron chi connectivity index (χ3n) is 15.1. The highest BCUT2D eigenvalue weighted by molar-refractivity contribution is 6.41. The van der Waals surface area contributed by atoms with Crippen LogP contribution in [0, 0.1) is 23.2 Å². The van der Waals surface area contributed by atoms with Crippen LogP contribution in [0.3, 0.4) is 0 Å². The lowest BCUT2D eigenvalue weighted by molar-refractivity contribution is -0.156. The predicted octanol–water partition coefficient (Wildman–Crippen LogP) is -1.07. The number of ether oxygens (including phenoxy) is 5. The van der Waals surface area contributed by atoms with Gasteiger partial charge in [-0.15, -0.1) is 5.10 Å². The Morgan fingerprint density at radius 2 is 1.35 bits per heavy atom. The summed E-state index contributed by atoms with van der Waals surface area (Å²) in [5.74, 6) is -5.81. The molecule has 1 aromatic rings. The van der Waals surface area contributed by atoms with Gasteiger partial charge in [0.05, 0.1) is 88.6 Å². The number of carbonyl (C=O) groups excluding carboxylic acids is 9. The summed E-state index contributed by atoms with van der Waals surface area (Å²) in [5.41, 5.74) is 24.8. The Hall–Kier alpha value is -6.65. The number of ketones is 3. The second kappa shape index (κ2) is 49.0. The van der Waals surface area contributed by atoms with Gasteiger partial charge in [-0.25, -0.2) is 15.1 Å². The fourth-order valence-electron chi connectivity index (χ4n) is 9.81. The van der Waals surface area contributed by atoms with E-state index in [-0.39, 0.29) is 67.4 Å². The van der Waals surface area contributed by atoms with Gasteiger partial charge >= 0.3 is 11.9 Å². The normalized spacial score (nSPS) is 15.1. The van der Waals surface area contributed by atoms with E-state index in [0.717, 1.165) is 12.8 Å². The molecule has 1 saturated heterocycles. The van der Waals surface area contributed by atoms with Crippen LogP contribution in [0.5, 0.6) is 0 Å². The number of nitrogens with two attached hydrogens (primary N) is 4. The number of hydrazine groups is 1. The van der Waals surface area contributed by atoms with Crippen molar-refractivity contribution in [2.45, 2.75) is 188 Å². The van der Waals surface area contributed by atoms with Gasteiger partial charge in [0.15, 0.2) is 11.7 Å². The molecule has 1 aliphatic rings. The van der Waals surface area contributed by atoms with Crippen LogP contribution in [0.4, 0.5) is 0 Å². The van der Waals surface area contributed by atoms with Crippen molar-refractivity contribution in [2.24, 2.45) is 51.1 Å². The number of aromatic nitrogens is 3. The number of aryl methyl sites for hydroxylation is 1. The largest absolute Gasteiger partial charge is 0.480 e. The zero-order valence-electron chi connectivity index (χ0n) is 57.4. The van der Waals surface area contributed by atoms with E-state index in [1.165, 1.54) is 14.0 Å². The summed E-state index contributed by atoms with van der Waals surface area (Å²) in [6, 6.07) is -5.03. The topological polar surface area (TPSA) is 472 Å². The summed E-state index contributed by atoms with van der Waals surface area (Å²) in [5, 5.41) is 35.5. The smallest absolute Gasteiger partial charge is 0.322 e. The number of Topliss-reactive ketones (excluding diaryl/α,β-unsaturated/α-hetero) is 3. The van der Waals surface area contributed by atoms with Gasteiger partial charge in [-0.2, -0.15) is 0 Å². The number of carboxylic acid groups (broad SMARTS) is 1. The third-order valence-corrected chi connectivity index (χ3v) is 15.1. The first-order valence-electron chi connectivity index (χ1n) is 32.8. The average Bonchev–Trinajstić information content (AvgIpc) is 1.31. The Bertz CT molecular complexity index is 2460. The lowest BCUT2D eigenvalue weighted by Gasteiger charge is -2.29. The molecule has 94 heavy (non-hydrogen) atoms. The van der Waals surface area contributed by atoms with Crippen molar-refractivity contribution < 1.29 is 76.7 Å². The second-order valence-electron chi connectivity index (χ2n) is 24.6. The molecule has 5 amide bonds. The number of carboxylic acids is 1. The quantitative estimate of drug-likeness (QED) is 0.0121. The van der Waals surface area contributed by atoms with Gasteiger partial charge in [0.2, 0.25) is 41.1 Å². The number of methoxy groups -OCH3 is 1. The number of carbonyl (C=O) groups is 10. The molecular weight excluding hydrogens is 1220 g/mol. The Balaban J connectivity index is 0.000000941. The van der Waals surface area contributed by atoms with Gasteiger partial charge in [-0.3, -0.25) is 52.9 Å². The van der Waals surface area contributed by atoms with Crippen LogP contribution in [-0.2, 0) is 84.6 Å². The number of hydrogen-bond acceptors (Lipinski definition) is 23. The molecule has 2 rings (SSSR count). The molecule has 0 saturated carbocycles. The zero-order chi connectivity index (χ0) is 70.6. The number of nitrogens with zero attached hydrogens (tertiary/aromatic N) is 5. The molecule has 0 bridgehead atoms. The molecule has 32 nitrogen and oxygen atoms in total. The highest BCUT2D eigenvalue weighted by atomic mass is 16.6. The summed E-state index contributed by atoms with van der Waals surface area (Å²) >= 11 is 0. The number of likely N-dealkylation sites (N-methyl/N-ethyl adjacent to an activating group) is 1. The number of hydrogen-bond donors (Lipinski definition) is 12. The Morgan fingerprint density at radius 3 is 1.94 bits per heavy atom. The molecule has 1 aromatic heterocycles. The summed E-state index contributed by atoms with van der Waals surface area (Å²) < 4.78 is 28.3. The van der Waals surface area contributed by atoms with Gasteiger partial charge < -0.3 is 83.6 Å². The second-order valence-corrected chi connectivity index (χ2v) is 24.6. The number of amides is 5. The average molecular weight is 1340 g/mol. The summed E-state index contributed by atoms with van der Waals surface area (Å²) in [4.78, 5) is 130. The van der Waals surface area contributed by atoms with Crippen LogP contribution in [0.15, 0.2) is 11.2 Å². The molecule has 0 aliphatic carbocycles. The van der Waals surface area contributed by atoms with Crippen molar-refractivity contribution in [2.75, 3.05) is 106 Å². The van der Waals surface area contributed by atoms with E-state index in [1.807, 2.05) is 13.8 Å². The first kappa shape index (κ1) is 85.4. The van der Waals surface area contributed by atoms with Crippen LogP contribution in [0.2, 0.25) is 0 Å². The maximum Gasteiger partial charge on any atom is 0.322 e. The number of esters is 1. The maximum atomic E-state index is 13.5. The van der Waals surface area contributed by atoms with E-state index in [4.69, 9.17) is 46.6 Å². The van der Waals surface area contributed by atoms with Crippen LogP contribution >= 0.6 is 0 Å². The molecule has 0 spiro atoms. The van der Waals surface area contributed by atoms with Crippen LogP contribution < -0.4 is 60.3 Å². The van der Waals surface area contributed by atoms with Gasteiger partial charge in [-0.05, 0) is 123 Å². The minimum absolute atomic E-state index is 0.0586. The minimum atomic E-state index is -1.19. The highest BCUT2D eigenvalue weighted by Crippen LogP contribution is 2.27. The number of unbranched alkanes of at least 4 members (excludes halogenated alkanes) is 2. The summed E-state index contributed by atoms with van der Waals surface area (Å²) in [6.07, 6.45) is 8.60. The number of aliphatic carboxylic acids is 1. The standard InChI is InChI=1S/C31H58N10O7.C31H56N6O9/c1-18(2)16-22(40-41-15-9-12-23(41)30(47)48)28(45)37-17-24(42)39-25(19(3)4)29(46)38-21(11-8-14-36-31(33)34)27(44)26(43)20(35-5)10-6-7-13-32;1-24(22-31(3,4)30(41)46-21-16-42-5)29(40)33-12-14-43-17-19-45-20-18-44-15-13-37-23-26(35-36-37)9-10-28(39)34-27(25(2)38)8-6-7-11-32/h18-23,25,35,40H,6-17,32H2,1-5H3,(H,37,45)(H,38,46)(H,39,42)(H,47,48)(H4,33,34,36);23-24,27H,6-22,32H2,1-5H3,(H,33,40)(H,34,39)/t20-,21-,22?,23-,25?;24?,27-/m00/s1. The van der Waals surface area contributed by atoms with E-state index in [0.29, 0.717) is 149 Å². The first-order chi connectivity index (χ1) is 44.6. The monoisotopic (exact) mass is 1340 g/mol. The maximum absolute atomic E-state index is 13.5. The van der Waals surface area contributed by atoms with Gasteiger partial charge in [0.25, 0.3) is 0 Å². The Kier molecular flexibility index (Phi) is 44.5. The zero-order valence-corrected chi connectivity index (χ0v) is 57.4. The van der Waals surface area contributed by atoms with Crippen molar-refractivity contribution >= 4 is 64.8 Å². The third kappa shape index (κ3) is 36.9. The van der Waals surface area contributed by atoms with Gasteiger partial charge in [0.1, 0.15) is 24.7 Å². The van der Waals surface area contributed by atoms with Crippen molar-refractivity contribution in [3.05, 3.63) is 11.9 Å². The first-order valence-corrected chi connectivity index (χ1v) is 32.8. The molecule has 32 heteroatoms. The van der Waals surface area contributed by atoms with E-state index < -0.39 is 89.4 Å². The van der Waals surface area contributed by atoms with E-state index in [1.54, 1.807) is 57.6 Å². The molecule has 16 N–H and O–H groups in total. The molecule has 1 fully saturated rings. The van der Waals surface area contributed by atoms with Crippen LogP contribution in [0.1, 0.15) is 145 Å². The van der Waals surface area contributed by atoms with Crippen molar-refractivity contribution in [3.8, 4) is 0 Å². The number of nitrogens with one attached hydrogen (secondary N) is 7. The Morgan fingerprint density at radius 1 is 0.734 bits per heavy atom. The molecule has 7 atom stereocenters. The number of aliphatic imine (C=N–C) groups is 1. The fraction of sp³-hybridized carbons (Fsp3) is 0.790. The lowest BCUT2D eigenvalue weighted by Crippen LogP contribution is -2.58. The lowest BCUT2D eigenvalue weighted by atomic mass is 9.83. The predicted molar refractivity (Wildman–Crippen MR) is 351 cm³/mol. The van der Waals surface area contributed by atoms with E-state index >= 15 is 0 Å².